The molecule has 0 spiro atoms. The number of hydrogen-bond donors (Lipinski definition) is 1. The van der Waals surface area contributed by atoms with Crippen molar-refractivity contribution in [1.82, 2.24) is 0 Å². The highest BCUT2D eigenvalue weighted by molar-refractivity contribution is 5.96. The van der Waals surface area contributed by atoms with Gasteiger partial charge in [0.2, 0.25) is 11.8 Å². The van der Waals surface area contributed by atoms with Crippen LogP contribution in [0.25, 0.3) is 0 Å². The van der Waals surface area contributed by atoms with Gasteiger partial charge in [0.1, 0.15) is 18.1 Å². The van der Waals surface area contributed by atoms with Crippen molar-refractivity contribution in [3.05, 3.63) is 48.5 Å². The number of benzene rings is 2. The minimum absolute atomic E-state index is 0.0516. The molecule has 0 bridgehead atoms. The summed E-state index contributed by atoms with van der Waals surface area (Å²) in [5.41, 5.74) is 1.30. The van der Waals surface area contributed by atoms with Crippen LogP contribution in [0.1, 0.15) is 13.3 Å². The number of hydrogen-bond acceptors (Lipinski definition) is 4. The van der Waals surface area contributed by atoms with Crippen LogP contribution in [0.4, 0.5) is 11.4 Å². The maximum atomic E-state index is 12.1. The number of anilines is 2. The fraction of sp³-hybridized carbons (Fsp3) is 0.263. The Morgan fingerprint density at radius 2 is 2.00 bits per heavy atom. The van der Waals surface area contributed by atoms with Gasteiger partial charge < -0.3 is 19.7 Å². The van der Waals surface area contributed by atoms with Gasteiger partial charge in [0, 0.05) is 12.6 Å². The van der Waals surface area contributed by atoms with Gasteiger partial charge >= 0.3 is 0 Å². The molecule has 0 saturated heterocycles. The zero-order valence-electron chi connectivity index (χ0n) is 14.0. The summed E-state index contributed by atoms with van der Waals surface area (Å²) >= 11 is 0. The van der Waals surface area contributed by atoms with Crippen LogP contribution in [0.15, 0.2) is 48.5 Å². The van der Waals surface area contributed by atoms with Crippen molar-refractivity contribution < 1.29 is 19.1 Å². The first-order valence-corrected chi connectivity index (χ1v) is 8.16. The number of nitrogens with one attached hydrogen (secondary N) is 1. The summed E-state index contributed by atoms with van der Waals surface area (Å²) in [6.07, 6.45) is 0.235. The van der Waals surface area contributed by atoms with E-state index in [1.807, 2.05) is 30.3 Å². The van der Waals surface area contributed by atoms with Crippen molar-refractivity contribution in [2.24, 2.45) is 0 Å². The quantitative estimate of drug-likeness (QED) is 0.909. The Morgan fingerprint density at radius 1 is 1.20 bits per heavy atom. The molecule has 0 aromatic heterocycles. The summed E-state index contributed by atoms with van der Waals surface area (Å²) in [5.74, 6) is 1.18. The fourth-order valence-electron chi connectivity index (χ4n) is 2.62. The van der Waals surface area contributed by atoms with Crippen LogP contribution in [0.2, 0.25) is 0 Å². The van der Waals surface area contributed by atoms with Gasteiger partial charge in [-0.25, -0.2) is 0 Å². The number of fused-ring (bicyclic) bond motifs is 1. The van der Waals surface area contributed by atoms with Crippen LogP contribution in [0.5, 0.6) is 11.5 Å². The third-order valence-electron chi connectivity index (χ3n) is 3.83. The first-order chi connectivity index (χ1) is 12.1. The van der Waals surface area contributed by atoms with E-state index >= 15 is 0 Å². The van der Waals surface area contributed by atoms with E-state index in [1.165, 1.54) is 6.92 Å². The summed E-state index contributed by atoms with van der Waals surface area (Å²) in [6, 6.07) is 14.6. The molecule has 3 rings (SSSR count). The van der Waals surface area contributed by atoms with Gasteiger partial charge in [-0.1, -0.05) is 18.2 Å². The molecular formula is C19H20N2O4. The van der Waals surface area contributed by atoms with Crippen LogP contribution in [0, 0.1) is 0 Å². The highest BCUT2D eigenvalue weighted by Crippen LogP contribution is 2.34. The van der Waals surface area contributed by atoms with E-state index in [2.05, 4.69) is 5.32 Å². The van der Waals surface area contributed by atoms with Crippen LogP contribution in [-0.2, 0) is 9.59 Å². The van der Waals surface area contributed by atoms with E-state index in [1.54, 1.807) is 23.1 Å². The molecule has 0 radical (unpaired) electrons. The van der Waals surface area contributed by atoms with E-state index < -0.39 is 0 Å². The highest BCUT2D eigenvalue weighted by atomic mass is 16.5. The molecule has 2 aromatic carbocycles. The molecule has 1 N–H and O–H groups in total. The first-order valence-electron chi connectivity index (χ1n) is 8.16. The second-order valence-electron chi connectivity index (χ2n) is 5.66. The average Bonchev–Trinajstić information content (AvgIpc) is 2.62. The minimum Gasteiger partial charge on any atom is -0.493 e. The highest BCUT2D eigenvalue weighted by Gasteiger charge is 2.21. The molecule has 1 heterocycles. The Hall–Kier alpha value is -3.02. The Bertz CT molecular complexity index is 761. The van der Waals surface area contributed by atoms with Crippen molar-refractivity contribution in [3.63, 3.8) is 0 Å². The molecule has 0 atom stereocenters. The number of para-hydroxylation sites is 1. The van der Waals surface area contributed by atoms with Crippen LogP contribution in [0.3, 0.4) is 0 Å². The average molecular weight is 340 g/mol. The van der Waals surface area contributed by atoms with E-state index in [9.17, 15) is 9.59 Å². The lowest BCUT2D eigenvalue weighted by molar-refractivity contribution is -0.117. The number of ether oxygens (including phenoxy) is 2. The van der Waals surface area contributed by atoms with Crippen molar-refractivity contribution in [1.29, 1.82) is 0 Å². The van der Waals surface area contributed by atoms with Gasteiger partial charge in [-0.15, -0.1) is 0 Å². The SMILES string of the molecule is CC(=O)N1CCOc2ccc(NC(=O)CCOc3ccccc3)cc21. The second-order valence-corrected chi connectivity index (χ2v) is 5.66. The number of amides is 2. The Kier molecular flexibility index (Phi) is 5.18. The van der Waals surface area contributed by atoms with E-state index in [-0.39, 0.29) is 18.2 Å². The Balaban J connectivity index is 1.58. The number of rotatable bonds is 5. The van der Waals surface area contributed by atoms with Crippen molar-refractivity contribution >= 4 is 23.2 Å². The van der Waals surface area contributed by atoms with Crippen molar-refractivity contribution in [3.8, 4) is 11.5 Å². The summed E-state index contributed by atoms with van der Waals surface area (Å²) in [4.78, 5) is 25.5. The maximum Gasteiger partial charge on any atom is 0.227 e. The van der Waals surface area contributed by atoms with Crippen LogP contribution in [-0.4, -0.2) is 31.6 Å². The van der Waals surface area contributed by atoms with Gasteiger partial charge in [0.15, 0.2) is 0 Å². The summed E-state index contributed by atoms with van der Waals surface area (Å²) in [5, 5.41) is 2.83. The fourth-order valence-corrected chi connectivity index (χ4v) is 2.62. The topological polar surface area (TPSA) is 67.9 Å². The predicted molar refractivity (Wildman–Crippen MR) is 95.1 cm³/mol. The molecule has 130 valence electrons. The molecule has 2 amide bonds. The van der Waals surface area contributed by atoms with E-state index in [0.29, 0.717) is 36.9 Å². The van der Waals surface area contributed by atoms with Crippen LogP contribution >= 0.6 is 0 Å². The van der Waals surface area contributed by atoms with Gasteiger partial charge in [-0.05, 0) is 30.3 Å². The summed E-state index contributed by atoms with van der Waals surface area (Å²) in [6.45, 7) is 2.78. The second kappa shape index (κ2) is 7.70. The maximum absolute atomic E-state index is 12.1. The molecule has 1 aliphatic rings. The minimum atomic E-state index is -0.151. The molecule has 25 heavy (non-hydrogen) atoms. The van der Waals surface area contributed by atoms with Crippen LogP contribution < -0.4 is 19.7 Å². The number of carbonyl (C=O) groups excluding carboxylic acids is 2. The lowest BCUT2D eigenvalue weighted by Crippen LogP contribution is -2.36. The first kappa shape index (κ1) is 16.8. The third kappa shape index (κ3) is 4.29. The van der Waals surface area contributed by atoms with Gasteiger partial charge in [0.25, 0.3) is 0 Å². The molecule has 0 saturated carbocycles. The van der Waals surface area contributed by atoms with Gasteiger partial charge in [-0.3, -0.25) is 9.59 Å². The van der Waals surface area contributed by atoms with E-state index in [0.717, 1.165) is 5.75 Å². The molecule has 6 nitrogen and oxygen atoms in total. The van der Waals surface area contributed by atoms with Gasteiger partial charge in [0.05, 0.1) is 25.3 Å². The molecule has 0 unspecified atom stereocenters. The number of carbonyl (C=O) groups is 2. The van der Waals surface area contributed by atoms with Gasteiger partial charge in [-0.2, -0.15) is 0 Å². The van der Waals surface area contributed by atoms with Crippen molar-refractivity contribution in [2.75, 3.05) is 30.0 Å². The zero-order chi connectivity index (χ0) is 17.6. The molecular weight excluding hydrogens is 320 g/mol. The smallest absolute Gasteiger partial charge is 0.227 e. The monoisotopic (exact) mass is 340 g/mol. The number of nitrogens with zero attached hydrogens (tertiary/aromatic N) is 1. The normalized spacial score (nSPS) is 12.8. The Morgan fingerprint density at radius 3 is 2.76 bits per heavy atom. The summed E-state index contributed by atoms with van der Waals surface area (Å²) < 4.78 is 11.1. The molecule has 0 aliphatic carbocycles. The molecule has 6 heteroatoms. The third-order valence-corrected chi connectivity index (χ3v) is 3.83. The predicted octanol–water partition coefficient (Wildman–Crippen LogP) is 2.84. The molecule has 1 aliphatic heterocycles. The lowest BCUT2D eigenvalue weighted by Gasteiger charge is -2.29. The van der Waals surface area contributed by atoms with Crippen molar-refractivity contribution in [2.45, 2.75) is 13.3 Å². The summed E-state index contributed by atoms with van der Waals surface area (Å²) in [7, 11) is 0. The van der Waals surface area contributed by atoms with E-state index in [4.69, 9.17) is 9.47 Å². The standard InChI is InChI=1S/C19H20N2O4/c1-14(22)21-10-12-25-18-8-7-15(13-17(18)21)20-19(23)9-11-24-16-5-3-2-4-6-16/h2-8,13H,9-12H2,1H3,(H,20,23). The lowest BCUT2D eigenvalue weighted by atomic mass is 10.2. The largest absolute Gasteiger partial charge is 0.493 e. The Labute approximate surface area is 146 Å². The zero-order valence-corrected chi connectivity index (χ0v) is 14.0. The molecule has 0 fully saturated rings. The molecule has 2 aromatic rings.